The number of allylic oxidation sites excluding steroid dienone is 1. The van der Waals surface area contributed by atoms with Crippen LogP contribution >= 0.6 is 0 Å². The van der Waals surface area contributed by atoms with Crippen molar-refractivity contribution in [2.24, 2.45) is 28.6 Å². The number of rotatable bonds is 2. The van der Waals surface area contributed by atoms with Gasteiger partial charge in [-0.2, -0.15) is 0 Å². The number of carbonyl (C=O) groups is 1. The van der Waals surface area contributed by atoms with Crippen LogP contribution in [0.5, 0.6) is 0 Å². The molecule has 0 amide bonds. The zero-order valence-electron chi connectivity index (χ0n) is 17.9. The molecule has 4 aliphatic rings. The maximum atomic E-state index is 13.4. The minimum absolute atomic E-state index is 0.00124. The number of carbonyl (C=O) groups excluding carboxylic acids is 1. The van der Waals surface area contributed by atoms with Gasteiger partial charge in [0.25, 0.3) is 0 Å². The minimum Gasteiger partial charge on any atom is -0.393 e. The lowest BCUT2D eigenvalue weighted by Gasteiger charge is -2.58. The Morgan fingerprint density at radius 3 is 2.47 bits per heavy atom. The van der Waals surface area contributed by atoms with E-state index < -0.39 is 15.1 Å². The molecule has 0 saturated heterocycles. The highest BCUT2D eigenvalue weighted by molar-refractivity contribution is 7.92. The molecule has 5 rings (SSSR count). The molecule has 0 spiro atoms. The Morgan fingerprint density at radius 1 is 1.00 bits per heavy atom. The van der Waals surface area contributed by atoms with Crippen LogP contribution in [0.4, 0.5) is 0 Å². The highest BCUT2D eigenvalue weighted by Crippen LogP contribution is 2.65. The maximum absolute atomic E-state index is 13.4. The molecule has 3 saturated carbocycles. The molecule has 1 unspecified atom stereocenters. The monoisotopic (exact) mass is 428 g/mol. The molecule has 4 aliphatic carbocycles. The van der Waals surface area contributed by atoms with Crippen molar-refractivity contribution in [1.29, 1.82) is 0 Å². The van der Waals surface area contributed by atoms with Crippen molar-refractivity contribution in [3.05, 3.63) is 42.0 Å². The summed E-state index contributed by atoms with van der Waals surface area (Å²) in [5.41, 5.74) is 0.909. The highest BCUT2D eigenvalue weighted by atomic mass is 32.2. The lowest BCUT2D eigenvalue weighted by molar-refractivity contribution is -0.117. The number of aliphatic hydroxyl groups is 1. The molecule has 0 heterocycles. The molecule has 162 valence electrons. The molecule has 0 aromatic heterocycles. The molecular weight excluding hydrogens is 396 g/mol. The second-order valence-electron chi connectivity index (χ2n) is 10.6. The van der Waals surface area contributed by atoms with Gasteiger partial charge in [0.2, 0.25) is 0 Å². The molecule has 0 aliphatic heterocycles. The zero-order valence-corrected chi connectivity index (χ0v) is 18.7. The Kier molecular flexibility index (Phi) is 4.61. The van der Waals surface area contributed by atoms with E-state index in [1.165, 1.54) is 0 Å². The largest absolute Gasteiger partial charge is 0.393 e. The first-order valence-corrected chi connectivity index (χ1v) is 12.9. The van der Waals surface area contributed by atoms with Gasteiger partial charge in [-0.15, -0.1) is 0 Å². The van der Waals surface area contributed by atoms with E-state index in [9.17, 15) is 18.3 Å². The number of benzene rings is 1. The van der Waals surface area contributed by atoms with Crippen LogP contribution in [0.25, 0.3) is 0 Å². The van der Waals surface area contributed by atoms with Crippen LogP contribution in [0.2, 0.25) is 0 Å². The average molecular weight is 429 g/mol. The van der Waals surface area contributed by atoms with E-state index in [1.54, 1.807) is 36.4 Å². The molecule has 0 radical (unpaired) electrons. The summed E-state index contributed by atoms with van der Waals surface area (Å²) in [5, 5.41) is 9.65. The van der Waals surface area contributed by atoms with Crippen LogP contribution in [0, 0.1) is 28.6 Å². The number of hydrogen-bond acceptors (Lipinski definition) is 4. The Hall–Kier alpha value is -1.46. The van der Waals surface area contributed by atoms with Gasteiger partial charge < -0.3 is 5.11 Å². The van der Waals surface area contributed by atoms with E-state index in [1.807, 2.05) is 0 Å². The van der Waals surface area contributed by atoms with Crippen LogP contribution in [0.15, 0.2) is 46.9 Å². The van der Waals surface area contributed by atoms with Crippen LogP contribution < -0.4 is 0 Å². The van der Waals surface area contributed by atoms with E-state index in [2.05, 4.69) is 13.8 Å². The van der Waals surface area contributed by atoms with Gasteiger partial charge in [-0.3, -0.25) is 4.79 Å². The normalized spacial score (nSPS) is 43.4. The first kappa shape index (κ1) is 20.4. The van der Waals surface area contributed by atoms with Crippen molar-refractivity contribution in [1.82, 2.24) is 0 Å². The van der Waals surface area contributed by atoms with E-state index in [4.69, 9.17) is 0 Å². The standard InChI is InChI=1S/C25H32O4S/c1-24-13-12-20-18(19(24)10-11-23(24)27)9-8-16-14-21(26)22(15-25(16,20)2)30(28,29)17-6-4-3-5-7-17/h3-7,14,18-20,22-23,27H,8-13,15H2,1-2H3/t18-,19-,20-,22?,23-,24-,25-/m0/s1. The van der Waals surface area contributed by atoms with Crippen molar-refractivity contribution >= 4 is 15.6 Å². The SMILES string of the molecule is C[C@]12CC[C@H]3[C@@H](CCC4=CC(=O)C(S(=O)(=O)c5ccccc5)C[C@@]43C)[C@@H]1CC[C@@H]2O. The van der Waals surface area contributed by atoms with Gasteiger partial charge in [0.15, 0.2) is 15.6 Å². The fraction of sp³-hybridized carbons (Fsp3) is 0.640. The van der Waals surface area contributed by atoms with E-state index >= 15 is 0 Å². The molecule has 1 aromatic carbocycles. The second-order valence-corrected chi connectivity index (χ2v) is 12.7. The first-order valence-electron chi connectivity index (χ1n) is 11.4. The molecule has 7 atom stereocenters. The zero-order chi connectivity index (χ0) is 21.3. The summed E-state index contributed by atoms with van der Waals surface area (Å²) in [6, 6.07) is 8.42. The lowest BCUT2D eigenvalue weighted by Crippen LogP contribution is -2.53. The molecule has 3 fully saturated rings. The van der Waals surface area contributed by atoms with Crippen molar-refractivity contribution in [2.75, 3.05) is 0 Å². The van der Waals surface area contributed by atoms with Gasteiger partial charge in [0, 0.05) is 0 Å². The fourth-order valence-electron chi connectivity index (χ4n) is 7.61. The third-order valence-corrected chi connectivity index (χ3v) is 11.5. The first-order chi connectivity index (χ1) is 14.2. The Labute approximate surface area is 179 Å². The number of sulfone groups is 1. The Bertz CT molecular complexity index is 997. The highest BCUT2D eigenvalue weighted by Gasteiger charge is 2.60. The summed E-state index contributed by atoms with van der Waals surface area (Å²) in [6.07, 6.45) is 7.75. The summed E-state index contributed by atoms with van der Waals surface area (Å²) < 4.78 is 26.7. The topological polar surface area (TPSA) is 71.4 Å². The molecule has 0 bridgehead atoms. The van der Waals surface area contributed by atoms with Crippen molar-refractivity contribution < 1.29 is 18.3 Å². The average Bonchev–Trinajstić information content (AvgIpc) is 3.03. The molecule has 1 N–H and O–H groups in total. The lowest BCUT2D eigenvalue weighted by atomic mass is 9.47. The van der Waals surface area contributed by atoms with Crippen molar-refractivity contribution in [3.63, 3.8) is 0 Å². The van der Waals surface area contributed by atoms with Crippen molar-refractivity contribution in [3.8, 4) is 0 Å². The third kappa shape index (κ3) is 2.74. The summed E-state index contributed by atoms with van der Waals surface area (Å²) in [4.78, 5) is 13.2. The number of fused-ring (bicyclic) bond motifs is 5. The van der Waals surface area contributed by atoms with Gasteiger partial charge in [-0.25, -0.2) is 8.42 Å². The van der Waals surface area contributed by atoms with Crippen LogP contribution in [0.3, 0.4) is 0 Å². The predicted octanol–water partition coefficient (Wildman–Crippen LogP) is 4.33. The summed E-state index contributed by atoms with van der Waals surface area (Å²) in [5.74, 6) is 1.16. The predicted molar refractivity (Wildman–Crippen MR) is 116 cm³/mol. The molecular formula is C25H32O4S. The summed E-state index contributed by atoms with van der Waals surface area (Å²) in [6.45, 7) is 4.47. The van der Waals surface area contributed by atoms with Gasteiger partial charge in [0.05, 0.1) is 11.0 Å². The van der Waals surface area contributed by atoms with Crippen LogP contribution in [-0.4, -0.2) is 30.7 Å². The molecule has 5 heteroatoms. The molecule has 4 nitrogen and oxygen atoms in total. The quantitative estimate of drug-likeness (QED) is 0.761. The summed E-state index contributed by atoms with van der Waals surface area (Å²) >= 11 is 0. The van der Waals surface area contributed by atoms with Gasteiger partial charge in [-0.05, 0) is 91.7 Å². The molecule has 30 heavy (non-hydrogen) atoms. The smallest absolute Gasteiger partial charge is 0.188 e. The minimum atomic E-state index is -3.71. The third-order valence-electron chi connectivity index (χ3n) is 9.38. The van der Waals surface area contributed by atoms with E-state index in [0.717, 1.165) is 44.1 Å². The Morgan fingerprint density at radius 2 is 1.73 bits per heavy atom. The summed E-state index contributed by atoms with van der Waals surface area (Å²) in [7, 11) is -3.71. The maximum Gasteiger partial charge on any atom is 0.188 e. The number of aliphatic hydroxyl groups excluding tert-OH is 1. The number of hydrogen-bond donors (Lipinski definition) is 1. The van der Waals surface area contributed by atoms with E-state index in [0.29, 0.717) is 24.2 Å². The van der Waals surface area contributed by atoms with Gasteiger partial charge in [-0.1, -0.05) is 37.6 Å². The number of ketones is 1. The van der Waals surface area contributed by atoms with E-state index in [-0.39, 0.29) is 27.6 Å². The van der Waals surface area contributed by atoms with Crippen LogP contribution in [0.1, 0.15) is 58.8 Å². The van der Waals surface area contributed by atoms with Gasteiger partial charge in [0.1, 0.15) is 5.25 Å². The van der Waals surface area contributed by atoms with Crippen molar-refractivity contribution in [2.45, 2.75) is 75.0 Å². The Balaban J connectivity index is 1.51. The second kappa shape index (κ2) is 6.77. The molecule has 1 aromatic rings. The van der Waals surface area contributed by atoms with Gasteiger partial charge >= 0.3 is 0 Å². The van der Waals surface area contributed by atoms with Crippen LogP contribution in [-0.2, 0) is 14.6 Å². The fourth-order valence-corrected chi connectivity index (χ4v) is 9.41.